The number of piperidine rings is 1. The van der Waals surface area contributed by atoms with Crippen LogP contribution in [0.1, 0.15) is 30.0 Å². The van der Waals surface area contributed by atoms with Crippen molar-refractivity contribution in [3.63, 3.8) is 0 Å². The van der Waals surface area contributed by atoms with Gasteiger partial charge in [0.1, 0.15) is 0 Å². The zero-order valence-corrected chi connectivity index (χ0v) is 15.2. The van der Waals surface area contributed by atoms with Crippen molar-refractivity contribution < 1.29 is 35.9 Å². The summed E-state index contributed by atoms with van der Waals surface area (Å²) in [5, 5.41) is 2.67. The Morgan fingerprint density at radius 2 is 1.86 bits per heavy atom. The van der Waals surface area contributed by atoms with E-state index in [2.05, 4.69) is 5.32 Å². The highest BCUT2D eigenvalue weighted by Gasteiger charge is 2.35. The van der Waals surface area contributed by atoms with Crippen LogP contribution in [0.5, 0.6) is 0 Å². The fourth-order valence-corrected chi connectivity index (χ4v) is 3.22. The molecule has 1 heterocycles. The maximum Gasteiger partial charge on any atom is 0.416 e. The summed E-state index contributed by atoms with van der Waals surface area (Å²) in [7, 11) is 1.36. The van der Waals surface area contributed by atoms with E-state index < -0.39 is 42.3 Å². The molecule has 1 aliphatic rings. The van der Waals surface area contributed by atoms with E-state index in [1.807, 2.05) is 0 Å². The van der Waals surface area contributed by atoms with Crippen molar-refractivity contribution in [1.82, 2.24) is 10.2 Å². The molecule has 1 fully saturated rings. The van der Waals surface area contributed by atoms with Crippen LogP contribution in [-0.4, -0.2) is 50.3 Å². The molecule has 28 heavy (non-hydrogen) atoms. The molecule has 1 aromatic carbocycles. The second-order valence-electron chi connectivity index (χ2n) is 6.81. The predicted molar refractivity (Wildman–Crippen MR) is 89.4 cm³/mol. The fourth-order valence-electron chi connectivity index (χ4n) is 3.22. The molecule has 158 valence electrons. The molecular formula is C18H22F6N2O2. The summed E-state index contributed by atoms with van der Waals surface area (Å²) in [5.41, 5.74) is -0.583. The van der Waals surface area contributed by atoms with E-state index >= 15 is 0 Å². The Labute approximate surface area is 158 Å². The van der Waals surface area contributed by atoms with Gasteiger partial charge in [-0.3, -0.25) is 9.69 Å². The van der Waals surface area contributed by atoms with Gasteiger partial charge in [0, 0.05) is 13.0 Å². The molecule has 1 unspecified atom stereocenters. The summed E-state index contributed by atoms with van der Waals surface area (Å²) in [4.78, 5) is 13.7. The van der Waals surface area contributed by atoms with Gasteiger partial charge in [0.25, 0.3) is 0 Å². The van der Waals surface area contributed by atoms with Gasteiger partial charge in [0.2, 0.25) is 5.91 Å². The summed E-state index contributed by atoms with van der Waals surface area (Å²) >= 11 is 0. The van der Waals surface area contributed by atoms with Crippen LogP contribution < -0.4 is 5.32 Å². The summed E-state index contributed by atoms with van der Waals surface area (Å²) in [6.45, 7) is -0.774. The van der Waals surface area contributed by atoms with Crippen LogP contribution in [0.3, 0.4) is 0 Å². The lowest BCUT2D eigenvalue weighted by molar-refractivity contribution is -0.149. The molecule has 1 aromatic rings. The Morgan fingerprint density at radius 1 is 1.21 bits per heavy atom. The van der Waals surface area contributed by atoms with Crippen molar-refractivity contribution in [3.8, 4) is 0 Å². The number of alkyl halides is 6. The van der Waals surface area contributed by atoms with Crippen molar-refractivity contribution in [2.75, 3.05) is 33.4 Å². The van der Waals surface area contributed by atoms with Crippen LogP contribution in [0.4, 0.5) is 26.3 Å². The molecular weight excluding hydrogens is 390 g/mol. The van der Waals surface area contributed by atoms with E-state index in [9.17, 15) is 31.1 Å². The molecule has 1 saturated heterocycles. The number of methoxy groups -OCH3 is 1. The van der Waals surface area contributed by atoms with E-state index in [1.165, 1.54) is 24.1 Å². The van der Waals surface area contributed by atoms with Crippen LogP contribution in [0.15, 0.2) is 24.3 Å². The summed E-state index contributed by atoms with van der Waals surface area (Å²) in [6, 6.07) is 3.82. The average Bonchev–Trinajstić information content (AvgIpc) is 2.60. The van der Waals surface area contributed by atoms with E-state index in [4.69, 9.17) is 4.74 Å². The number of benzene rings is 1. The monoisotopic (exact) mass is 412 g/mol. The first-order valence-electron chi connectivity index (χ1n) is 8.75. The number of rotatable bonds is 6. The van der Waals surface area contributed by atoms with Crippen LogP contribution in [-0.2, 0) is 15.7 Å². The zero-order chi connectivity index (χ0) is 20.9. The molecule has 0 radical (unpaired) electrons. The Hall–Kier alpha value is -1.81. The number of hydrogen-bond donors (Lipinski definition) is 1. The van der Waals surface area contributed by atoms with Crippen LogP contribution in [0, 0.1) is 5.92 Å². The first kappa shape index (κ1) is 22.5. The normalized spacial score (nSPS) is 18.1. The van der Waals surface area contributed by atoms with Crippen molar-refractivity contribution in [3.05, 3.63) is 35.4 Å². The number of amides is 1. The number of carbonyl (C=O) groups is 1. The summed E-state index contributed by atoms with van der Waals surface area (Å²) < 4.78 is 81.1. The Morgan fingerprint density at radius 3 is 2.39 bits per heavy atom. The molecule has 0 aliphatic carbocycles. The molecule has 0 saturated carbocycles. The highest BCUT2D eigenvalue weighted by molar-refractivity contribution is 5.79. The lowest BCUT2D eigenvalue weighted by Crippen LogP contribution is -2.44. The molecule has 10 heteroatoms. The van der Waals surface area contributed by atoms with Crippen molar-refractivity contribution in [1.29, 1.82) is 0 Å². The van der Waals surface area contributed by atoms with Crippen LogP contribution in [0.25, 0.3) is 0 Å². The third kappa shape index (κ3) is 6.66. The van der Waals surface area contributed by atoms with Gasteiger partial charge in [-0.15, -0.1) is 0 Å². The maximum atomic E-state index is 12.9. The van der Waals surface area contributed by atoms with Crippen molar-refractivity contribution >= 4 is 5.91 Å². The number of halogens is 6. The van der Waals surface area contributed by atoms with E-state index in [0.29, 0.717) is 0 Å². The van der Waals surface area contributed by atoms with Crippen LogP contribution >= 0.6 is 0 Å². The first-order valence-corrected chi connectivity index (χ1v) is 8.75. The molecule has 0 spiro atoms. The molecule has 4 nitrogen and oxygen atoms in total. The average molecular weight is 412 g/mol. The first-order chi connectivity index (χ1) is 13.0. The second kappa shape index (κ2) is 9.13. The predicted octanol–water partition coefficient (Wildman–Crippen LogP) is 3.78. The van der Waals surface area contributed by atoms with Gasteiger partial charge in [0.05, 0.1) is 24.8 Å². The van der Waals surface area contributed by atoms with E-state index in [1.54, 1.807) is 0 Å². The minimum absolute atomic E-state index is 0.0278. The Kier molecular flexibility index (Phi) is 7.33. The minimum Gasteiger partial charge on any atom is -0.382 e. The quantitative estimate of drug-likeness (QED) is 0.723. The van der Waals surface area contributed by atoms with Crippen LogP contribution in [0.2, 0.25) is 0 Å². The Bertz CT molecular complexity index is 654. The van der Waals surface area contributed by atoms with Gasteiger partial charge in [-0.25, -0.2) is 0 Å². The molecule has 0 bridgehead atoms. The summed E-state index contributed by atoms with van der Waals surface area (Å²) in [6.07, 6.45) is -8.29. The summed E-state index contributed by atoms with van der Waals surface area (Å²) in [5.74, 6) is -0.888. The molecule has 1 atom stereocenters. The smallest absolute Gasteiger partial charge is 0.382 e. The largest absolute Gasteiger partial charge is 0.416 e. The number of ether oxygens (including phenoxy) is 1. The van der Waals surface area contributed by atoms with E-state index in [-0.39, 0.29) is 38.1 Å². The Balaban J connectivity index is 2.00. The third-order valence-corrected chi connectivity index (χ3v) is 4.63. The van der Waals surface area contributed by atoms with Gasteiger partial charge in [-0.05, 0) is 43.6 Å². The zero-order valence-electron chi connectivity index (χ0n) is 15.2. The molecule has 2 rings (SSSR count). The minimum atomic E-state index is -4.51. The van der Waals surface area contributed by atoms with Gasteiger partial charge < -0.3 is 10.1 Å². The highest BCUT2D eigenvalue weighted by atomic mass is 19.4. The van der Waals surface area contributed by atoms with Gasteiger partial charge >= 0.3 is 12.4 Å². The molecule has 1 amide bonds. The van der Waals surface area contributed by atoms with Crippen molar-refractivity contribution in [2.24, 2.45) is 5.92 Å². The lowest BCUT2D eigenvalue weighted by atomic mass is 9.95. The topological polar surface area (TPSA) is 41.6 Å². The number of hydrogen-bond acceptors (Lipinski definition) is 3. The van der Waals surface area contributed by atoms with Gasteiger partial charge in [0.15, 0.2) is 0 Å². The molecule has 1 N–H and O–H groups in total. The van der Waals surface area contributed by atoms with Crippen molar-refractivity contribution in [2.45, 2.75) is 31.2 Å². The standard InChI is InChI=1S/C18H22F6N2O2/c1-28-10-15(13-3-2-4-14(9-13)18(22,23)24)25-16(27)12-5-7-26(8-6-12)11-17(19,20)21/h2-4,9,12,15H,5-8,10-11H2,1H3,(H,25,27). The number of carbonyl (C=O) groups excluding carboxylic acids is 1. The van der Waals surface area contributed by atoms with Gasteiger partial charge in [-0.2, -0.15) is 26.3 Å². The second-order valence-corrected chi connectivity index (χ2v) is 6.81. The number of likely N-dealkylation sites (tertiary alicyclic amines) is 1. The van der Waals surface area contributed by atoms with Gasteiger partial charge in [-0.1, -0.05) is 12.1 Å². The lowest BCUT2D eigenvalue weighted by Gasteiger charge is -2.32. The highest BCUT2D eigenvalue weighted by Crippen LogP contribution is 2.31. The molecule has 1 aliphatic heterocycles. The fraction of sp³-hybridized carbons (Fsp3) is 0.611. The molecule has 0 aromatic heterocycles. The number of nitrogens with zero attached hydrogens (tertiary/aromatic N) is 1. The third-order valence-electron chi connectivity index (χ3n) is 4.63. The number of nitrogens with one attached hydrogen (secondary N) is 1. The maximum absolute atomic E-state index is 12.9. The SMILES string of the molecule is COCC(NC(=O)C1CCN(CC(F)(F)F)CC1)c1cccc(C(F)(F)F)c1. The van der Waals surface area contributed by atoms with E-state index in [0.717, 1.165) is 12.1 Å².